The van der Waals surface area contributed by atoms with Crippen molar-refractivity contribution < 1.29 is 61.6 Å². The molecule has 13 heteroatoms. The second-order valence-corrected chi connectivity index (χ2v) is 5.39. The number of hydrogen-bond acceptors (Lipinski definition) is 7. The van der Waals surface area contributed by atoms with Crippen LogP contribution in [0.15, 0.2) is 0 Å². The van der Waals surface area contributed by atoms with Crippen molar-refractivity contribution in [3.8, 4) is 0 Å². The van der Waals surface area contributed by atoms with Crippen LogP contribution >= 0.6 is 0 Å². The summed E-state index contributed by atoms with van der Waals surface area (Å²) < 4.78 is 0.844. The van der Waals surface area contributed by atoms with Gasteiger partial charge in [0, 0.05) is 40.8 Å². The number of carbonyl (C=O) groups is 4. The van der Waals surface area contributed by atoms with Gasteiger partial charge in [-0.3, -0.25) is 19.2 Å². The van der Waals surface area contributed by atoms with Gasteiger partial charge in [-0.15, -0.1) is 0 Å². The van der Waals surface area contributed by atoms with E-state index in [1.807, 2.05) is 0 Å². The molecule has 0 amide bonds. The summed E-state index contributed by atoms with van der Waals surface area (Å²) in [6.45, 7) is 6.64. The van der Waals surface area contributed by atoms with Gasteiger partial charge in [-0.05, 0) is 0 Å². The maximum absolute atomic E-state index is 9.00. The van der Waals surface area contributed by atoms with Gasteiger partial charge in [0.05, 0.1) is 27.7 Å². The van der Waals surface area contributed by atoms with Crippen molar-refractivity contribution in [2.75, 3.05) is 47.4 Å². The van der Waals surface area contributed by atoms with Crippen molar-refractivity contribution in [3.05, 3.63) is 0 Å². The highest BCUT2D eigenvalue weighted by Crippen LogP contribution is 1.84. The number of nitrogens with zero attached hydrogens (tertiary/aromatic N) is 1. The number of aliphatic hydroxyl groups is 1. The van der Waals surface area contributed by atoms with E-state index in [-0.39, 0.29) is 19.0 Å². The summed E-state index contributed by atoms with van der Waals surface area (Å²) in [6.07, 6.45) is 0. The van der Waals surface area contributed by atoms with Crippen molar-refractivity contribution in [1.82, 2.24) is 0 Å². The van der Waals surface area contributed by atoms with E-state index < -0.39 is 23.9 Å². The van der Waals surface area contributed by atoms with E-state index >= 15 is 0 Å². The van der Waals surface area contributed by atoms with Crippen molar-refractivity contribution in [2.24, 2.45) is 11.5 Å². The fourth-order valence-corrected chi connectivity index (χ4v) is 0.300. The second kappa shape index (κ2) is 36.0. The molecule has 0 aromatic rings. The molecule has 0 saturated heterocycles. The van der Waals surface area contributed by atoms with Crippen LogP contribution in [0, 0.1) is 0 Å². The van der Waals surface area contributed by atoms with Crippen LogP contribution in [-0.2, 0) is 19.2 Å². The zero-order valence-electron chi connectivity index (χ0n) is 17.7. The predicted molar refractivity (Wildman–Crippen MR) is 101 cm³/mol. The third-order valence-corrected chi connectivity index (χ3v) is 0.937. The van der Waals surface area contributed by atoms with Crippen LogP contribution in [0.1, 0.15) is 27.7 Å². The van der Waals surface area contributed by atoms with Gasteiger partial charge in [0.25, 0.3) is 23.9 Å². The SMILES string of the molecule is CC(=O)O.CC(=O)O.CC(=O)O.CC(=O)O.C[N+](C)(C)CCO.NCCN.[Cl-]. The van der Waals surface area contributed by atoms with E-state index in [2.05, 4.69) is 21.1 Å². The van der Waals surface area contributed by atoms with Crippen molar-refractivity contribution >= 4 is 23.9 Å². The highest BCUT2D eigenvalue weighted by Gasteiger charge is 2.02. The first kappa shape index (κ1) is 45.0. The molecule has 174 valence electrons. The highest BCUT2D eigenvalue weighted by molar-refractivity contribution is 5.63. The minimum atomic E-state index is -0.833. The smallest absolute Gasteiger partial charge is 0.300 e. The number of nitrogens with two attached hydrogens (primary N) is 2. The Hall–Kier alpha value is -1.99. The van der Waals surface area contributed by atoms with Crippen LogP contribution in [0.25, 0.3) is 0 Å². The van der Waals surface area contributed by atoms with E-state index in [1.54, 1.807) is 0 Å². The van der Waals surface area contributed by atoms with E-state index in [4.69, 9.17) is 56.2 Å². The van der Waals surface area contributed by atoms with Crippen LogP contribution in [0.4, 0.5) is 0 Å². The molecule has 0 heterocycles. The molecule has 0 spiro atoms. The molecule has 0 aliphatic rings. The van der Waals surface area contributed by atoms with Gasteiger partial charge < -0.3 is 53.9 Å². The van der Waals surface area contributed by atoms with Crippen molar-refractivity contribution in [3.63, 3.8) is 0 Å². The minimum Gasteiger partial charge on any atom is -1.00 e. The van der Waals surface area contributed by atoms with E-state index in [9.17, 15) is 0 Å². The van der Waals surface area contributed by atoms with E-state index in [1.165, 1.54) is 0 Å². The number of aliphatic carboxylic acids is 4. The number of rotatable bonds is 3. The summed E-state index contributed by atoms with van der Waals surface area (Å²) >= 11 is 0. The number of carboxylic acid groups (broad SMARTS) is 4. The highest BCUT2D eigenvalue weighted by atomic mass is 35.5. The van der Waals surface area contributed by atoms with Crippen LogP contribution in [0.5, 0.6) is 0 Å². The number of quaternary nitrogens is 1. The number of hydrogen-bond donors (Lipinski definition) is 7. The Morgan fingerprint density at radius 1 is 0.679 bits per heavy atom. The Kier molecular flexibility index (Phi) is 57.9. The van der Waals surface area contributed by atoms with Crippen LogP contribution < -0.4 is 23.9 Å². The number of aliphatic hydroxyl groups excluding tert-OH is 1. The molecule has 0 aliphatic carbocycles. The Labute approximate surface area is 172 Å². The normalized spacial score (nSPS) is 7.64. The third-order valence-electron chi connectivity index (χ3n) is 0.937. The molecule has 0 radical (unpaired) electrons. The van der Waals surface area contributed by atoms with Gasteiger partial charge in [-0.2, -0.15) is 0 Å². The molecule has 28 heavy (non-hydrogen) atoms. The second-order valence-electron chi connectivity index (χ2n) is 5.39. The molecule has 0 atom stereocenters. The molecule has 12 nitrogen and oxygen atoms in total. The lowest BCUT2D eigenvalue weighted by atomic mass is 10.5. The summed E-state index contributed by atoms with van der Waals surface area (Å²) in [5, 5.41) is 38.1. The molecule has 0 fully saturated rings. The lowest BCUT2D eigenvalue weighted by molar-refractivity contribution is -0.870. The fraction of sp³-hybridized carbons (Fsp3) is 0.733. The standard InChI is InChI=1S/C5H14NO.C2H8N2.4C2H4O2.ClH/c1-6(2,3)4-5-7;3-1-2-4;4*1-2(3)4;/h7H,4-5H2,1-3H3;1-4H2;4*1H3,(H,3,4);1H/q+1;;;;;;/p-1. The maximum atomic E-state index is 9.00. The van der Waals surface area contributed by atoms with Gasteiger partial charge in [0.15, 0.2) is 0 Å². The van der Waals surface area contributed by atoms with Gasteiger partial charge in [0.1, 0.15) is 6.54 Å². The number of carboxylic acids is 4. The van der Waals surface area contributed by atoms with Crippen LogP contribution in [0.3, 0.4) is 0 Å². The third kappa shape index (κ3) is 1400. The fourth-order valence-electron chi connectivity index (χ4n) is 0.300. The van der Waals surface area contributed by atoms with Gasteiger partial charge >= 0.3 is 0 Å². The molecule has 0 bridgehead atoms. The molecular weight excluding hydrogens is 402 g/mol. The molecular formula is C15H38ClN3O9. The van der Waals surface area contributed by atoms with Crippen molar-refractivity contribution in [2.45, 2.75) is 27.7 Å². The molecule has 0 aliphatic heterocycles. The van der Waals surface area contributed by atoms with Crippen LogP contribution in [-0.4, -0.2) is 101 Å². The van der Waals surface area contributed by atoms with E-state index in [0.29, 0.717) is 13.1 Å². The molecule has 0 saturated carbocycles. The molecule has 9 N–H and O–H groups in total. The zero-order valence-corrected chi connectivity index (χ0v) is 18.4. The first-order valence-corrected chi connectivity index (χ1v) is 7.50. The monoisotopic (exact) mass is 439 g/mol. The molecule has 0 rings (SSSR count). The van der Waals surface area contributed by atoms with Gasteiger partial charge in [-0.25, -0.2) is 0 Å². The lowest BCUT2D eigenvalue weighted by Gasteiger charge is -2.21. The average molecular weight is 440 g/mol. The van der Waals surface area contributed by atoms with Crippen molar-refractivity contribution in [1.29, 1.82) is 0 Å². The topological polar surface area (TPSA) is 221 Å². The first-order valence-electron chi connectivity index (χ1n) is 7.50. The van der Waals surface area contributed by atoms with E-state index in [0.717, 1.165) is 38.7 Å². The summed E-state index contributed by atoms with van der Waals surface area (Å²) in [5.74, 6) is -3.33. The average Bonchev–Trinajstić information content (AvgIpc) is 2.34. The maximum Gasteiger partial charge on any atom is 0.300 e. The number of likely N-dealkylation sites (N-methyl/N-ethyl adjacent to an activating group) is 1. The summed E-state index contributed by atoms with van der Waals surface area (Å²) in [5.41, 5.74) is 9.81. The van der Waals surface area contributed by atoms with Gasteiger partial charge in [0.2, 0.25) is 0 Å². The first-order chi connectivity index (χ1) is 11.9. The Morgan fingerprint density at radius 3 is 0.821 bits per heavy atom. The van der Waals surface area contributed by atoms with Crippen LogP contribution in [0.2, 0.25) is 0 Å². The summed E-state index contributed by atoms with van der Waals surface area (Å²) in [6, 6.07) is 0. The molecule has 0 aromatic carbocycles. The predicted octanol–water partition coefficient (Wildman–Crippen LogP) is -4.04. The molecule has 0 aromatic heterocycles. The quantitative estimate of drug-likeness (QED) is 0.209. The zero-order chi connectivity index (χ0) is 23.6. The summed E-state index contributed by atoms with van der Waals surface area (Å²) in [4.78, 5) is 36.0. The lowest BCUT2D eigenvalue weighted by Crippen LogP contribution is -3.00. The van der Waals surface area contributed by atoms with Gasteiger partial charge in [-0.1, -0.05) is 0 Å². The Bertz CT molecular complexity index is 297. The summed E-state index contributed by atoms with van der Waals surface area (Å²) in [7, 11) is 6.16. The molecule has 0 unspecified atom stereocenters. The number of halogens is 1. The Morgan fingerprint density at radius 2 is 0.821 bits per heavy atom. The Balaban J connectivity index is -0.0000000382. The minimum absolute atomic E-state index is 0. The largest absolute Gasteiger partial charge is 1.00 e.